The van der Waals surface area contributed by atoms with Gasteiger partial charge in [-0.3, -0.25) is 9.59 Å². The fraction of sp³-hybridized carbons (Fsp3) is 0.571. The van der Waals surface area contributed by atoms with Crippen molar-refractivity contribution in [2.45, 2.75) is 26.2 Å². The molecule has 19 heavy (non-hydrogen) atoms. The summed E-state index contributed by atoms with van der Waals surface area (Å²) < 4.78 is 0. The standard InChI is InChI=1S/C14H20N2O2S/c1-2-4-13(17)15-6-8-16(9-7-15)14(18)11-12-5-3-10-19-12/h3,5,10H,2,4,6-9,11H2,1H3. The van der Waals surface area contributed by atoms with Crippen LogP contribution < -0.4 is 0 Å². The van der Waals surface area contributed by atoms with E-state index in [4.69, 9.17) is 0 Å². The summed E-state index contributed by atoms with van der Waals surface area (Å²) in [5.74, 6) is 0.387. The lowest BCUT2D eigenvalue weighted by Crippen LogP contribution is -2.50. The highest BCUT2D eigenvalue weighted by Gasteiger charge is 2.23. The number of carbonyl (C=O) groups excluding carboxylic acids is 2. The zero-order valence-electron chi connectivity index (χ0n) is 11.3. The zero-order valence-corrected chi connectivity index (χ0v) is 12.1. The van der Waals surface area contributed by atoms with Gasteiger partial charge in [-0.05, 0) is 17.9 Å². The van der Waals surface area contributed by atoms with Crippen LogP contribution in [0.15, 0.2) is 17.5 Å². The second kappa shape index (κ2) is 6.70. The average molecular weight is 280 g/mol. The average Bonchev–Trinajstić information content (AvgIpc) is 2.92. The number of thiophene rings is 1. The first kappa shape index (κ1) is 14.1. The lowest BCUT2D eigenvalue weighted by Gasteiger charge is -2.34. The summed E-state index contributed by atoms with van der Waals surface area (Å²) in [6.45, 7) is 4.70. The topological polar surface area (TPSA) is 40.6 Å². The van der Waals surface area contributed by atoms with Gasteiger partial charge in [0.1, 0.15) is 0 Å². The fourth-order valence-electron chi connectivity index (χ4n) is 2.25. The predicted molar refractivity (Wildman–Crippen MR) is 76.1 cm³/mol. The number of hydrogen-bond donors (Lipinski definition) is 0. The van der Waals surface area contributed by atoms with Crippen molar-refractivity contribution in [1.82, 2.24) is 9.80 Å². The second-order valence-electron chi connectivity index (χ2n) is 4.77. The molecule has 0 N–H and O–H groups in total. The van der Waals surface area contributed by atoms with E-state index in [0.29, 0.717) is 39.0 Å². The van der Waals surface area contributed by atoms with Crippen LogP contribution >= 0.6 is 11.3 Å². The Kier molecular flexibility index (Phi) is 4.96. The van der Waals surface area contributed by atoms with Crippen molar-refractivity contribution in [2.75, 3.05) is 26.2 Å². The van der Waals surface area contributed by atoms with Crippen LogP contribution in [0, 0.1) is 0 Å². The molecular formula is C14H20N2O2S. The molecule has 0 aromatic carbocycles. The SMILES string of the molecule is CCCC(=O)N1CCN(C(=O)Cc2cccs2)CC1. The van der Waals surface area contributed by atoms with Gasteiger partial charge in [-0.25, -0.2) is 0 Å². The maximum absolute atomic E-state index is 12.1. The van der Waals surface area contributed by atoms with Crippen LogP contribution in [0.3, 0.4) is 0 Å². The summed E-state index contributed by atoms with van der Waals surface area (Å²) >= 11 is 1.62. The van der Waals surface area contributed by atoms with E-state index in [0.717, 1.165) is 11.3 Å². The van der Waals surface area contributed by atoms with Gasteiger partial charge in [0.2, 0.25) is 11.8 Å². The summed E-state index contributed by atoms with van der Waals surface area (Å²) in [6.07, 6.45) is 1.99. The van der Waals surface area contributed by atoms with E-state index in [1.807, 2.05) is 34.2 Å². The molecule has 1 saturated heterocycles. The quantitative estimate of drug-likeness (QED) is 0.843. The normalized spacial score (nSPS) is 15.6. The van der Waals surface area contributed by atoms with Crippen LogP contribution in [0.2, 0.25) is 0 Å². The van der Waals surface area contributed by atoms with E-state index in [1.165, 1.54) is 0 Å². The summed E-state index contributed by atoms with van der Waals surface area (Å²) in [5.41, 5.74) is 0. The summed E-state index contributed by atoms with van der Waals surface area (Å²) in [5, 5.41) is 1.99. The first-order valence-electron chi connectivity index (χ1n) is 6.78. The molecule has 0 aliphatic carbocycles. The Morgan fingerprint density at radius 1 is 1.16 bits per heavy atom. The maximum Gasteiger partial charge on any atom is 0.227 e. The van der Waals surface area contributed by atoms with Gasteiger partial charge in [0.05, 0.1) is 6.42 Å². The predicted octanol–water partition coefficient (Wildman–Crippen LogP) is 1.76. The molecule has 5 heteroatoms. The lowest BCUT2D eigenvalue weighted by molar-refractivity contribution is -0.139. The minimum Gasteiger partial charge on any atom is -0.339 e. The lowest BCUT2D eigenvalue weighted by atomic mass is 10.2. The molecule has 2 rings (SSSR count). The van der Waals surface area contributed by atoms with Crippen LogP contribution in [0.1, 0.15) is 24.6 Å². The summed E-state index contributed by atoms with van der Waals surface area (Å²) in [7, 11) is 0. The van der Waals surface area contributed by atoms with E-state index in [-0.39, 0.29) is 11.8 Å². The largest absolute Gasteiger partial charge is 0.339 e. The van der Waals surface area contributed by atoms with E-state index in [2.05, 4.69) is 0 Å². The Bertz CT molecular complexity index is 423. The molecule has 1 aliphatic rings. The highest BCUT2D eigenvalue weighted by molar-refractivity contribution is 7.10. The third-order valence-corrected chi connectivity index (χ3v) is 4.23. The van der Waals surface area contributed by atoms with Crippen LogP contribution in [-0.2, 0) is 16.0 Å². The van der Waals surface area contributed by atoms with Crippen molar-refractivity contribution in [3.8, 4) is 0 Å². The molecule has 0 radical (unpaired) electrons. The second-order valence-corrected chi connectivity index (χ2v) is 5.80. The van der Waals surface area contributed by atoms with Gasteiger partial charge in [-0.15, -0.1) is 11.3 Å². The Hall–Kier alpha value is -1.36. The smallest absolute Gasteiger partial charge is 0.227 e. The Labute approximate surface area is 118 Å². The van der Waals surface area contributed by atoms with Gasteiger partial charge in [0.25, 0.3) is 0 Å². The van der Waals surface area contributed by atoms with Crippen LogP contribution in [-0.4, -0.2) is 47.8 Å². The number of piperazine rings is 1. The molecule has 4 nitrogen and oxygen atoms in total. The molecule has 1 aromatic rings. The molecule has 0 bridgehead atoms. The van der Waals surface area contributed by atoms with Crippen molar-refractivity contribution < 1.29 is 9.59 Å². The fourth-order valence-corrected chi connectivity index (χ4v) is 2.95. The van der Waals surface area contributed by atoms with Crippen molar-refractivity contribution in [3.63, 3.8) is 0 Å². The van der Waals surface area contributed by atoms with Crippen LogP contribution in [0.4, 0.5) is 0 Å². The van der Waals surface area contributed by atoms with Gasteiger partial charge < -0.3 is 9.80 Å². The maximum atomic E-state index is 12.1. The number of rotatable bonds is 4. The molecule has 2 amide bonds. The molecule has 1 aromatic heterocycles. The number of carbonyl (C=O) groups is 2. The molecule has 0 atom stereocenters. The number of hydrogen-bond acceptors (Lipinski definition) is 3. The summed E-state index contributed by atoms with van der Waals surface area (Å²) in [4.78, 5) is 28.7. The first-order chi connectivity index (χ1) is 9.20. The minimum atomic E-state index is 0.171. The van der Waals surface area contributed by atoms with Crippen molar-refractivity contribution in [1.29, 1.82) is 0 Å². The molecule has 1 fully saturated rings. The van der Waals surface area contributed by atoms with E-state index in [9.17, 15) is 9.59 Å². The summed E-state index contributed by atoms with van der Waals surface area (Å²) in [6, 6.07) is 3.96. The van der Waals surface area contributed by atoms with Gasteiger partial charge in [-0.2, -0.15) is 0 Å². The number of amides is 2. The first-order valence-corrected chi connectivity index (χ1v) is 7.66. The van der Waals surface area contributed by atoms with Crippen molar-refractivity contribution >= 4 is 23.2 Å². The van der Waals surface area contributed by atoms with E-state index in [1.54, 1.807) is 11.3 Å². The third kappa shape index (κ3) is 3.80. The highest BCUT2D eigenvalue weighted by atomic mass is 32.1. The van der Waals surface area contributed by atoms with E-state index >= 15 is 0 Å². The van der Waals surface area contributed by atoms with Crippen LogP contribution in [0.25, 0.3) is 0 Å². The van der Waals surface area contributed by atoms with Gasteiger partial charge >= 0.3 is 0 Å². The van der Waals surface area contributed by atoms with Crippen LogP contribution in [0.5, 0.6) is 0 Å². The minimum absolute atomic E-state index is 0.171. The molecule has 2 heterocycles. The highest BCUT2D eigenvalue weighted by Crippen LogP contribution is 2.12. The monoisotopic (exact) mass is 280 g/mol. The van der Waals surface area contributed by atoms with Gasteiger partial charge in [-0.1, -0.05) is 13.0 Å². The zero-order chi connectivity index (χ0) is 13.7. The van der Waals surface area contributed by atoms with Crippen molar-refractivity contribution in [3.05, 3.63) is 22.4 Å². The van der Waals surface area contributed by atoms with E-state index < -0.39 is 0 Å². The molecular weight excluding hydrogens is 260 g/mol. The third-order valence-electron chi connectivity index (χ3n) is 3.35. The van der Waals surface area contributed by atoms with Crippen molar-refractivity contribution in [2.24, 2.45) is 0 Å². The Morgan fingerprint density at radius 2 is 1.79 bits per heavy atom. The molecule has 1 aliphatic heterocycles. The molecule has 0 saturated carbocycles. The molecule has 0 unspecified atom stereocenters. The molecule has 0 spiro atoms. The van der Waals surface area contributed by atoms with Gasteiger partial charge in [0, 0.05) is 37.5 Å². The molecule has 104 valence electrons. The Morgan fingerprint density at radius 3 is 2.32 bits per heavy atom. The number of nitrogens with zero attached hydrogens (tertiary/aromatic N) is 2. The Balaban J connectivity index is 1.79. The van der Waals surface area contributed by atoms with Gasteiger partial charge in [0.15, 0.2) is 0 Å².